The number of carbonyl (C=O) groups excluding carboxylic acids is 2. The van der Waals surface area contributed by atoms with Crippen molar-refractivity contribution in [3.05, 3.63) is 66.3 Å². The van der Waals surface area contributed by atoms with E-state index in [0.717, 1.165) is 0 Å². The zero-order chi connectivity index (χ0) is 23.3. The van der Waals surface area contributed by atoms with E-state index in [4.69, 9.17) is 18.9 Å². The first-order valence-corrected chi connectivity index (χ1v) is 9.76. The van der Waals surface area contributed by atoms with Crippen molar-refractivity contribution in [3.8, 4) is 29.1 Å². The van der Waals surface area contributed by atoms with Gasteiger partial charge in [0.2, 0.25) is 0 Å². The van der Waals surface area contributed by atoms with Crippen LogP contribution in [0.15, 0.2) is 60.7 Å². The molecule has 0 fully saturated rings. The molecule has 0 saturated carbocycles. The van der Waals surface area contributed by atoms with Gasteiger partial charge < -0.3 is 24.3 Å². The largest absolute Gasteiger partial charge is 0.493 e. The number of hydrogen-bond acceptors (Lipinski definition) is 7. The Morgan fingerprint density at radius 3 is 2.44 bits per heavy atom. The number of carbonyl (C=O) groups is 2. The van der Waals surface area contributed by atoms with Gasteiger partial charge in [-0.1, -0.05) is 24.3 Å². The number of nitrogens with zero attached hydrogens (tertiary/aromatic N) is 1. The highest BCUT2D eigenvalue weighted by Crippen LogP contribution is 2.30. The van der Waals surface area contributed by atoms with E-state index in [9.17, 15) is 14.9 Å². The summed E-state index contributed by atoms with van der Waals surface area (Å²) in [4.78, 5) is 24.2. The summed E-state index contributed by atoms with van der Waals surface area (Å²) in [6.45, 7) is 5.73. The molecule has 32 heavy (non-hydrogen) atoms. The van der Waals surface area contributed by atoms with Gasteiger partial charge in [0.25, 0.3) is 5.91 Å². The van der Waals surface area contributed by atoms with Gasteiger partial charge in [0.05, 0.1) is 13.7 Å². The van der Waals surface area contributed by atoms with Gasteiger partial charge in [0, 0.05) is 6.54 Å². The van der Waals surface area contributed by atoms with Gasteiger partial charge in [-0.3, -0.25) is 4.79 Å². The summed E-state index contributed by atoms with van der Waals surface area (Å²) in [6.07, 6.45) is 2.92. The predicted molar refractivity (Wildman–Crippen MR) is 119 cm³/mol. The fraction of sp³-hybridized carbons (Fsp3) is 0.208. The number of amides is 1. The third-order valence-corrected chi connectivity index (χ3v) is 3.99. The molecule has 166 valence electrons. The van der Waals surface area contributed by atoms with Crippen LogP contribution in [0.2, 0.25) is 0 Å². The van der Waals surface area contributed by atoms with Crippen molar-refractivity contribution >= 4 is 18.0 Å². The highest BCUT2D eigenvalue weighted by molar-refractivity contribution is 6.01. The van der Waals surface area contributed by atoms with E-state index in [0.29, 0.717) is 23.7 Å². The predicted octanol–water partition coefficient (Wildman–Crippen LogP) is 3.29. The summed E-state index contributed by atoms with van der Waals surface area (Å²) in [5.41, 5.74) is 0.439. The molecule has 0 aromatic heterocycles. The third kappa shape index (κ3) is 6.92. The Hall–Kier alpha value is -4.25. The minimum Gasteiger partial charge on any atom is -0.493 e. The van der Waals surface area contributed by atoms with E-state index in [1.54, 1.807) is 36.4 Å². The summed E-state index contributed by atoms with van der Waals surface area (Å²) in [5.74, 6) is 0.224. The van der Waals surface area contributed by atoms with E-state index in [1.807, 2.05) is 13.0 Å². The molecule has 0 saturated heterocycles. The molecular weight excluding hydrogens is 412 g/mol. The Morgan fingerprint density at radius 1 is 1.09 bits per heavy atom. The normalized spacial score (nSPS) is 10.5. The number of hydrogen-bond donors (Lipinski definition) is 1. The Balaban J connectivity index is 2.09. The molecule has 2 aromatic rings. The van der Waals surface area contributed by atoms with Crippen LogP contribution in [0, 0.1) is 11.3 Å². The number of nitrogens with one attached hydrogen (secondary N) is 1. The molecule has 2 aromatic carbocycles. The second-order valence-electron chi connectivity index (χ2n) is 6.22. The quantitative estimate of drug-likeness (QED) is 0.189. The molecule has 0 radical (unpaired) electrons. The summed E-state index contributed by atoms with van der Waals surface area (Å²) >= 11 is 0. The molecule has 0 atom stereocenters. The minimum absolute atomic E-state index is 0.0833. The van der Waals surface area contributed by atoms with Crippen molar-refractivity contribution in [3.63, 3.8) is 0 Å². The summed E-state index contributed by atoms with van der Waals surface area (Å²) in [7, 11) is 1.41. The van der Waals surface area contributed by atoms with Crippen LogP contribution in [0.5, 0.6) is 23.0 Å². The molecule has 0 aliphatic rings. The van der Waals surface area contributed by atoms with Crippen LogP contribution in [-0.2, 0) is 9.59 Å². The van der Waals surface area contributed by atoms with Gasteiger partial charge in [-0.2, -0.15) is 5.26 Å². The zero-order valence-corrected chi connectivity index (χ0v) is 17.9. The zero-order valence-electron chi connectivity index (χ0n) is 17.9. The summed E-state index contributed by atoms with van der Waals surface area (Å²) < 4.78 is 21.6. The van der Waals surface area contributed by atoms with Crippen molar-refractivity contribution in [2.75, 3.05) is 26.9 Å². The van der Waals surface area contributed by atoms with Crippen LogP contribution < -0.4 is 24.3 Å². The van der Waals surface area contributed by atoms with Crippen LogP contribution in [0.3, 0.4) is 0 Å². The summed E-state index contributed by atoms with van der Waals surface area (Å²) in [5, 5.41) is 11.8. The van der Waals surface area contributed by atoms with E-state index < -0.39 is 11.9 Å². The topological polar surface area (TPSA) is 107 Å². The molecule has 0 heterocycles. The lowest BCUT2D eigenvalue weighted by Crippen LogP contribution is -2.24. The van der Waals surface area contributed by atoms with Crippen LogP contribution in [0.4, 0.5) is 0 Å². The molecule has 1 N–H and O–H groups in total. The Kier molecular flexibility index (Phi) is 9.34. The second-order valence-corrected chi connectivity index (χ2v) is 6.22. The molecule has 0 aliphatic carbocycles. The number of ether oxygens (including phenoxy) is 4. The highest BCUT2D eigenvalue weighted by Gasteiger charge is 2.14. The van der Waals surface area contributed by atoms with Crippen LogP contribution in [0.1, 0.15) is 12.5 Å². The van der Waals surface area contributed by atoms with E-state index in [2.05, 4.69) is 11.9 Å². The minimum atomic E-state index is -0.639. The lowest BCUT2D eigenvalue weighted by molar-refractivity contribution is -0.136. The van der Waals surface area contributed by atoms with Crippen molar-refractivity contribution in [1.29, 1.82) is 5.26 Å². The number of rotatable bonds is 11. The van der Waals surface area contributed by atoms with Gasteiger partial charge in [0.1, 0.15) is 11.6 Å². The maximum absolute atomic E-state index is 12.3. The molecule has 0 bridgehead atoms. The first-order valence-electron chi connectivity index (χ1n) is 9.76. The summed E-state index contributed by atoms with van der Waals surface area (Å²) in [6, 6.07) is 13.5. The van der Waals surface area contributed by atoms with Crippen LogP contribution in [-0.4, -0.2) is 38.7 Å². The van der Waals surface area contributed by atoms with E-state index in [1.165, 1.54) is 25.3 Å². The molecule has 0 aliphatic heterocycles. The van der Waals surface area contributed by atoms with Crippen LogP contribution in [0.25, 0.3) is 6.08 Å². The van der Waals surface area contributed by atoms with Crippen molar-refractivity contribution < 1.29 is 28.5 Å². The van der Waals surface area contributed by atoms with E-state index in [-0.39, 0.29) is 30.2 Å². The number of methoxy groups -OCH3 is 1. The average molecular weight is 436 g/mol. The lowest BCUT2D eigenvalue weighted by Gasteiger charge is -2.12. The smallest absolute Gasteiger partial charge is 0.349 e. The SMILES string of the molecule is C=CCNC(=O)/C(C#N)=C/c1ccc(OC(=O)COc2ccccc2OCC)c(OC)c1. The molecule has 1 amide bonds. The molecule has 8 nitrogen and oxygen atoms in total. The Morgan fingerprint density at radius 2 is 1.81 bits per heavy atom. The molecule has 8 heteroatoms. The maximum Gasteiger partial charge on any atom is 0.349 e. The van der Waals surface area contributed by atoms with Gasteiger partial charge in [-0.15, -0.1) is 6.58 Å². The average Bonchev–Trinajstić information content (AvgIpc) is 2.81. The standard InChI is InChI=1S/C24H24N2O6/c1-4-12-26-24(28)18(15-25)13-17-10-11-21(22(14-17)29-3)32-23(27)16-31-20-9-7-6-8-19(20)30-5-2/h4,6-11,13-14H,1,5,12,16H2,2-3H3,(H,26,28)/b18-13+. The molecule has 0 unspecified atom stereocenters. The molecule has 0 spiro atoms. The first-order chi connectivity index (χ1) is 15.5. The van der Waals surface area contributed by atoms with Gasteiger partial charge >= 0.3 is 5.97 Å². The van der Waals surface area contributed by atoms with Gasteiger partial charge in [-0.25, -0.2) is 4.79 Å². The van der Waals surface area contributed by atoms with Crippen molar-refractivity contribution in [1.82, 2.24) is 5.32 Å². The van der Waals surface area contributed by atoms with Crippen molar-refractivity contribution in [2.24, 2.45) is 0 Å². The number of nitriles is 1. The number of para-hydroxylation sites is 2. The maximum atomic E-state index is 12.3. The number of esters is 1. The lowest BCUT2D eigenvalue weighted by atomic mass is 10.1. The fourth-order valence-electron chi connectivity index (χ4n) is 2.57. The van der Waals surface area contributed by atoms with Crippen molar-refractivity contribution in [2.45, 2.75) is 6.92 Å². The Labute approximate surface area is 186 Å². The second kappa shape index (κ2) is 12.4. The Bertz CT molecular complexity index is 1040. The monoisotopic (exact) mass is 436 g/mol. The fourth-order valence-corrected chi connectivity index (χ4v) is 2.57. The van der Waals surface area contributed by atoms with E-state index >= 15 is 0 Å². The van der Waals surface area contributed by atoms with Gasteiger partial charge in [0.15, 0.2) is 29.6 Å². The molecule has 2 rings (SSSR count). The number of benzene rings is 2. The first kappa shape index (κ1) is 24.0. The molecular formula is C24H24N2O6. The highest BCUT2D eigenvalue weighted by atomic mass is 16.6. The third-order valence-electron chi connectivity index (χ3n) is 3.99. The van der Waals surface area contributed by atoms with Crippen LogP contribution >= 0.6 is 0 Å². The van der Waals surface area contributed by atoms with Gasteiger partial charge in [-0.05, 0) is 42.8 Å².